The van der Waals surface area contributed by atoms with Crippen molar-refractivity contribution < 1.29 is 19.1 Å². The summed E-state index contributed by atoms with van der Waals surface area (Å²) in [4.78, 5) is 39.4. The van der Waals surface area contributed by atoms with Crippen molar-refractivity contribution in [2.24, 2.45) is 0 Å². The summed E-state index contributed by atoms with van der Waals surface area (Å²) in [5.41, 5.74) is 1.12. The number of carbonyl (C=O) groups excluding carboxylic acids is 3. The van der Waals surface area contributed by atoms with Crippen LogP contribution in [-0.4, -0.2) is 59.9 Å². The molecule has 2 aliphatic rings. The summed E-state index contributed by atoms with van der Waals surface area (Å²) in [6.45, 7) is 1.10. The van der Waals surface area contributed by atoms with E-state index in [9.17, 15) is 14.4 Å². The number of benzene rings is 1. The molecule has 0 spiro atoms. The minimum absolute atomic E-state index is 0.0309. The second kappa shape index (κ2) is 8.10. The summed E-state index contributed by atoms with van der Waals surface area (Å²) in [5, 5.41) is 0. The molecule has 7 heteroatoms. The molecule has 0 bridgehead atoms. The number of ether oxygens (including phenoxy) is 1. The van der Waals surface area contributed by atoms with Gasteiger partial charge < -0.3 is 9.64 Å². The quantitative estimate of drug-likeness (QED) is 0.711. The molecule has 2 saturated heterocycles. The third-order valence-electron chi connectivity index (χ3n) is 4.74. The molecule has 134 valence electrons. The first-order valence-electron chi connectivity index (χ1n) is 8.50. The fourth-order valence-corrected chi connectivity index (χ4v) is 3.87. The highest BCUT2D eigenvalue weighted by Crippen LogP contribution is 2.21. The average molecular weight is 409 g/mol. The summed E-state index contributed by atoms with van der Waals surface area (Å²) >= 11 is 3.50. The van der Waals surface area contributed by atoms with Crippen molar-refractivity contribution in [1.82, 2.24) is 9.80 Å². The van der Waals surface area contributed by atoms with E-state index in [1.54, 1.807) is 0 Å². The summed E-state index contributed by atoms with van der Waals surface area (Å²) in [6.07, 6.45) is 2.43. The monoisotopic (exact) mass is 408 g/mol. The fraction of sp³-hybridized carbons (Fsp3) is 0.500. The smallest absolute Gasteiger partial charge is 0.255 e. The van der Waals surface area contributed by atoms with Crippen LogP contribution in [0.5, 0.6) is 0 Å². The zero-order valence-electron chi connectivity index (χ0n) is 13.9. The molecule has 3 rings (SSSR count). The second-order valence-electron chi connectivity index (χ2n) is 6.35. The van der Waals surface area contributed by atoms with Gasteiger partial charge in [-0.1, -0.05) is 34.1 Å². The summed E-state index contributed by atoms with van der Waals surface area (Å²) in [6, 6.07) is 7.79. The van der Waals surface area contributed by atoms with E-state index in [1.165, 1.54) is 4.90 Å². The van der Waals surface area contributed by atoms with Crippen molar-refractivity contribution >= 4 is 33.7 Å². The predicted octanol–water partition coefficient (Wildman–Crippen LogP) is 1.76. The van der Waals surface area contributed by atoms with Gasteiger partial charge in [0.25, 0.3) is 11.8 Å². The second-order valence-corrected chi connectivity index (χ2v) is 7.21. The molecule has 3 amide bonds. The maximum atomic E-state index is 12.4. The molecule has 0 saturated carbocycles. The van der Waals surface area contributed by atoms with E-state index in [4.69, 9.17) is 4.74 Å². The molecule has 1 aromatic carbocycles. The molecule has 0 atom stereocenters. The van der Waals surface area contributed by atoms with Gasteiger partial charge in [0.15, 0.2) is 0 Å². The van der Waals surface area contributed by atoms with E-state index >= 15 is 0 Å². The standard InChI is InChI=1S/C18H21BrN2O4/c19-15-4-2-1-3-13(15)5-6-16(22)20-9-7-14(8-10-20)21-17(23)11-25-12-18(21)24/h1-4,14H,5-12H2. The number of hydrogen-bond donors (Lipinski definition) is 0. The number of nitrogens with zero attached hydrogens (tertiary/aromatic N) is 2. The molecule has 1 aromatic rings. The Labute approximate surface area is 155 Å². The third-order valence-corrected chi connectivity index (χ3v) is 5.51. The van der Waals surface area contributed by atoms with Crippen LogP contribution < -0.4 is 0 Å². The van der Waals surface area contributed by atoms with Crippen molar-refractivity contribution in [3.63, 3.8) is 0 Å². The van der Waals surface area contributed by atoms with Crippen LogP contribution in [0.1, 0.15) is 24.8 Å². The van der Waals surface area contributed by atoms with Crippen molar-refractivity contribution in [3.05, 3.63) is 34.3 Å². The number of rotatable bonds is 4. The number of halogens is 1. The Kier molecular flexibility index (Phi) is 5.86. The first-order valence-corrected chi connectivity index (χ1v) is 9.29. The van der Waals surface area contributed by atoms with Gasteiger partial charge in [-0.25, -0.2) is 0 Å². The number of imide groups is 1. The number of piperidine rings is 1. The topological polar surface area (TPSA) is 66.9 Å². The molecule has 2 fully saturated rings. The minimum atomic E-state index is -0.269. The SMILES string of the molecule is O=C(CCc1ccccc1Br)N1CCC(N2C(=O)COCC2=O)CC1. The maximum Gasteiger partial charge on any atom is 0.255 e. The van der Waals surface area contributed by atoms with Crippen LogP contribution in [-0.2, 0) is 25.5 Å². The number of carbonyl (C=O) groups is 3. The van der Waals surface area contributed by atoms with Gasteiger partial charge in [-0.15, -0.1) is 0 Å². The molecule has 0 unspecified atom stereocenters. The van der Waals surface area contributed by atoms with Gasteiger partial charge in [-0.05, 0) is 30.9 Å². The molecule has 0 radical (unpaired) electrons. The zero-order valence-corrected chi connectivity index (χ0v) is 15.5. The molecular weight excluding hydrogens is 388 g/mol. The van der Waals surface area contributed by atoms with Crippen molar-refractivity contribution in [2.75, 3.05) is 26.3 Å². The van der Waals surface area contributed by atoms with E-state index in [1.807, 2.05) is 29.2 Å². The average Bonchev–Trinajstić information content (AvgIpc) is 2.61. The number of amides is 3. The lowest BCUT2D eigenvalue weighted by Gasteiger charge is -2.38. The van der Waals surface area contributed by atoms with Crippen LogP contribution in [0.15, 0.2) is 28.7 Å². The van der Waals surface area contributed by atoms with Crippen LogP contribution in [0.3, 0.4) is 0 Å². The Morgan fingerprint density at radius 3 is 2.40 bits per heavy atom. The Bertz CT molecular complexity index is 655. The largest absolute Gasteiger partial charge is 0.362 e. The van der Waals surface area contributed by atoms with Crippen LogP contribution in [0.4, 0.5) is 0 Å². The molecule has 2 aliphatic heterocycles. The number of aryl methyl sites for hydroxylation is 1. The predicted molar refractivity (Wildman–Crippen MR) is 94.7 cm³/mol. The van der Waals surface area contributed by atoms with Crippen LogP contribution in [0, 0.1) is 0 Å². The van der Waals surface area contributed by atoms with Gasteiger partial charge in [0.1, 0.15) is 13.2 Å². The fourth-order valence-electron chi connectivity index (χ4n) is 3.39. The lowest BCUT2D eigenvalue weighted by atomic mass is 10.0. The molecule has 25 heavy (non-hydrogen) atoms. The summed E-state index contributed by atoms with van der Waals surface area (Å²) < 4.78 is 5.97. The van der Waals surface area contributed by atoms with Crippen LogP contribution >= 0.6 is 15.9 Å². The van der Waals surface area contributed by atoms with Crippen LogP contribution in [0.2, 0.25) is 0 Å². The molecule has 0 N–H and O–H groups in total. The lowest BCUT2D eigenvalue weighted by molar-refractivity contribution is -0.162. The Morgan fingerprint density at radius 1 is 1.12 bits per heavy atom. The summed E-state index contributed by atoms with van der Waals surface area (Å²) in [7, 11) is 0. The van der Waals surface area contributed by atoms with Crippen LogP contribution in [0.25, 0.3) is 0 Å². The zero-order chi connectivity index (χ0) is 17.8. The maximum absolute atomic E-state index is 12.4. The molecule has 0 aliphatic carbocycles. The highest BCUT2D eigenvalue weighted by molar-refractivity contribution is 9.10. The van der Waals surface area contributed by atoms with Gasteiger partial charge in [0.05, 0.1) is 0 Å². The first kappa shape index (κ1) is 18.1. The van der Waals surface area contributed by atoms with E-state index < -0.39 is 0 Å². The van der Waals surface area contributed by atoms with Gasteiger partial charge in [0.2, 0.25) is 5.91 Å². The first-order chi connectivity index (χ1) is 12.1. The van der Waals surface area contributed by atoms with E-state index in [0.717, 1.165) is 10.0 Å². The minimum Gasteiger partial charge on any atom is -0.362 e. The van der Waals surface area contributed by atoms with Crippen molar-refractivity contribution in [1.29, 1.82) is 0 Å². The molecule has 2 heterocycles. The Balaban J connectivity index is 1.50. The lowest BCUT2D eigenvalue weighted by Crippen LogP contribution is -2.55. The Morgan fingerprint density at radius 2 is 1.76 bits per heavy atom. The van der Waals surface area contributed by atoms with E-state index in [2.05, 4.69) is 15.9 Å². The number of hydrogen-bond acceptors (Lipinski definition) is 4. The van der Waals surface area contributed by atoms with Gasteiger partial charge >= 0.3 is 0 Å². The summed E-state index contributed by atoms with van der Waals surface area (Å²) in [5.74, 6) is -0.418. The Hall–Kier alpha value is -1.73. The van der Waals surface area contributed by atoms with Gasteiger partial charge in [-0.3, -0.25) is 19.3 Å². The normalized spacial score (nSPS) is 19.4. The molecular formula is C18H21BrN2O4. The van der Waals surface area contributed by atoms with Gasteiger partial charge in [0, 0.05) is 30.0 Å². The number of likely N-dealkylation sites (tertiary alicyclic amines) is 1. The van der Waals surface area contributed by atoms with E-state index in [0.29, 0.717) is 38.8 Å². The number of morpholine rings is 1. The highest BCUT2D eigenvalue weighted by Gasteiger charge is 2.35. The van der Waals surface area contributed by atoms with E-state index in [-0.39, 0.29) is 37.0 Å². The highest BCUT2D eigenvalue weighted by atomic mass is 79.9. The molecule has 6 nitrogen and oxygen atoms in total. The third kappa shape index (κ3) is 4.27. The van der Waals surface area contributed by atoms with Crippen molar-refractivity contribution in [2.45, 2.75) is 31.7 Å². The van der Waals surface area contributed by atoms with Crippen molar-refractivity contribution in [3.8, 4) is 0 Å². The van der Waals surface area contributed by atoms with Gasteiger partial charge in [-0.2, -0.15) is 0 Å². The molecule has 0 aromatic heterocycles.